The molecule has 0 saturated heterocycles. The summed E-state index contributed by atoms with van der Waals surface area (Å²) in [6.45, 7) is 11.5. The summed E-state index contributed by atoms with van der Waals surface area (Å²) in [5.74, 6) is 0. The Morgan fingerprint density at radius 1 is 1.09 bits per heavy atom. The first-order valence-corrected chi connectivity index (χ1v) is 8.68. The molecule has 0 bridgehead atoms. The number of hydrazone groups is 1. The van der Waals surface area contributed by atoms with Gasteiger partial charge in [-0.1, -0.05) is 46.8 Å². The van der Waals surface area contributed by atoms with Gasteiger partial charge in [-0.2, -0.15) is 5.10 Å². The summed E-state index contributed by atoms with van der Waals surface area (Å²) in [5, 5.41) is 12.5. The van der Waals surface area contributed by atoms with Crippen molar-refractivity contribution in [1.82, 2.24) is 0 Å². The number of hydrogen-bond acceptors (Lipinski definition) is 3. The molecule has 0 amide bonds. The molecule has 1 aromatic rings. The van der Waals surface area contributed by atoms with Crippen LogP contribution in [0, 0.1) is 10.8 Å². The van der Waals surface area contributed by atoms with Gasteiger partial charge < -0.3 is 5.41 Å². The Bertz CT molecular complexity index is 591. The van der Waals surface area contributed by atoms with Crippen molar-refractivity contribution in [1.29, 1.82) is 5.41 Å². The Hall–Kier alpha value is -1.64. The van der Waals surface area contributed by atoms with Crippen LogP contribution >= 0.6 is 0 Å². The van der Waals surface area contributed by atoms with Gasteiger partial charge in [-0.3, -0.25) is 5.43 Å². The summed E-state index contributed by atoms with van der Waals surface area (Å²) in [6, 6.07) is 8.54. The van der Waals surface area contributed by atoms with Crippen molar-refractivity contribution in [2.75, 3.05) is 5.43 Å². The van der Waals surface area contributed by atoms with Gasteiger partial charge in [0.2, 0.25) is 0 Å². The van der Waals surface area contributed by atoms with E-state index < -0.39 is 0 Å². The third-order valence-corrected chi connectivity index (χ3v) is 4.37. The van der Waals surface area contributed by atoms with Crippen LogP contribution < -0.4 is 5.43 Å². The fourth-order valence-corrected chi connectivity index (χ4v) is 3.58. The topological polar surface area (TPSA) is 48.2 Å². The number of benzene rings is 1. The normalized spacial score (nSPS) is 18.3. The van der Waals surface area contributed by atoms with E-state index in [1.807, 2.05) is 6.07 Å². The maximum atomic E-state index is 7.98. The third kappa shape index (κ3) is 5.19. The molecule has 0 atom stereocenters. The second kappa shape index (κ2) is 6.86. The third-order valence-electron chi connectivity index (χ3n) is 4.37. The monoisotopic (exact) mass is 313 g/mol. The predicted molar refractivity (Wildman–Crippen MR) is 101 cm³/mol. The minimum absolute atomic E-state index is 0.126. The summed E-state index contributed by atoms with van der Waals surface area (Å²) >= 11 is 0. The van der Waals surface area contributed by atoms with E-state index in [1.165, 1.54) is 5.56 Å². The van der Waals surface area contributed by atoms with E-state index >= 15 is 0 Å². The molecule has 0 heterocycles. The van der Waals surface area contributed by atoms with Gasteiger partial charge in [-0.15, -0.1) is 0 Å². The van der Waals surface area contributed by atoms with E-state index in [-0.39, 0.29) is 5.41 Å². The van der Waals surface area contributed by atoms with Gasteiger partial charge in [0, 0.05) is 0 Å². The minimum Gasteiger partial charge on any atom is -0.303 e. The zero-order valence-corrected chi connectivity index (χ0v) is 15.3. The fourth-order valence-electron chi connectivity index (χ4n) is 3.58. The van der Waals surface area contributed by atoms with E-state index in [2.05, 4.69) is 63.3 Å². The number of hydrogen-bond donors (Lipinski definition) is 2. The number of rotatable bonds is 4. The molecule has 0 aliphatic heterocycles. The van der Waals surface area contributed by atoms with Crippen molar-refractivity contribution in [2.24, 2.45) is 10.5 Å². The van der Waals surface area contributed by atoms with Gasteiger partial charge in [0.25, 0.3) is 0 Å². The van der Waals surface area contributed by atoms with Crippen LogP contribution in [-0.4, -0.2) is 11.4 Å². The predicted octanol–water partition coefficient (Wildman–Crippen LogP) is 5.76. The minimum atomic E-state index is 0.126. The second-order valence-corrected chi connectivity index (χ2v) is 8.56. The number of nitrogens with zero attached hydrogens (tertiary/aromatic N) is 1. The average Bonchev–Trinajstić information content (AvgIpc) is 2.44. The molecule has 1 fully saturated rings. The lowest BCUT2D eigenvalue weighted by molar-refractivity contribution is 0.284. The highest BCUT2D eigenvalue weighted by Gasteiger charge is 2.27. The standard InChI is InChI=1S/C20H31N3/c1-19(2,3)14-20(4,5)15-9-8-10-16(13-15)22-23-18-12-7-6-11-17(18)21/h8-10,13,21-22H,6-7,11-12,14H2,1-5H3/b21-17?,23-18-. The van der Waals surface area contributed by atoms with Crippen LogP contribution in [0.1, 0.15) is 72.3 Å². The first-order chi connectivity index (χ1) is 10.7. The van der Waals surface area contributed by atoms with E-state index in [0.29, 0.717) is 11.1 Å². The summed E-state index contributed by atoms with van der Waals surface area (Å²) in [7, 11) is 0. The summed E-state index contributed by atoms with van der Waals surface area (Å²) < 4.78 is 0. The smallest absolute Gasteiger partial charge is 0.0814 e. The van der Waals surface area contributed by atoms with E-state index in [1.54, 1.807) is 0 Å². The van der Waals surface area contributed by atoms with Crippen LogP contribution in [0.5, 0.6) is 0 Å². The van der Waals surface area contributed by atoms with Gasteiger partial charge in [-0.05, 0) is 60.6 Å². The fraction of sp³-hybridized carbons (Fsp3) is 0.600. The lowest BCUT2D eigenvalue weighted by atomic mass is 9.72. The molecular weight excluding hydrogens is 282 g/mol. The molecule has 1 aliphatic rings. The lowest BCUT2D eigenvalue weighted by Gasteiger charge is -2.33. The molecular formula is C20H31N3. The average molecular weight is 313 g/mol. The molecule has 2 N–H and O–H groups in total. The molecule has 2 rings (SSSR count). The van der Waals surface area contributed by atoms with Crippen molar-refractivity contribution in [3.05, 3.63) is 29.8 Å². The highest BCUT2D eigenvalue weighted by molar-refractivity contribution is 6.41. The maximum absolute atomic E-state index is 7.98. The molecule has 1 aromatic carbocycles. The van der Waals surface area contributed by atoms with Crippen LogP contribution in [0.3, 0.4) is 0 Å². The molecule has 3 heteroatoms. The van der Waals surface area contributed by atoms with Crippen molar-refractivity contribution in [3.8, 4) is 0 Å². The van der Waals surface area contributed by atoms with Gasteiger partial charge in [0.05, 0.1) is 17.1 Å². The van der Waals surface area contributed by atoms with Crippen molar-refractivity contribution in [3.63, 3.8) is 0 Å². The Morgan fingerprint density at radius 3 is 2.43 bits per heavy atom. The summed E-state index contributed by atoms with van der Waals surface area (Å²) in [4.78, 5) is 0. The highest BCUT2D eigenvalue weighted by atomic mass is 15.3. The molecule has 1 aliphatic carbocycles. The first-order valence-electron chi connectivity index (χ1n) is 8.68. The van der Waals surface area contributed by atoms with Crippen LogP contribution in [0.15, 0.2) is 29.4 Å². The zero-order chi connectivity index (χ0) is 17.1. The van der Waals surface area contributed by atoms with Crippen molar-refractivity contribution >= 4 is 17.1 Å². The highest BCUT2D eigenvalue weighted by Crippen LogP contribution is 2.36. The quantitative estimate of drug-likeness (QED) is 0.682. The van der Waals surface area contributed by atoms with E-state index in [0.717, 1.165) is 43.5 Å². The Morgan fingerprint density at radius 2 is 1.78 bits per heavy atom. The van der Waals surface area contributed by atoms with Crippen molar-refractivity contribution < 1.29 is 0 Å². The maximum Gasteiger partial charge on any atom is 0.0814 e. The number of anilines is 1. The molecule has 0 unspecified atom stereocenters. The summed E-state index contributed by atoms with van der Waals surface area (Å²) in [6.07, 6.45) is 5.17. The SMILES string of the molecule is CC(C)(C)CC(C)(C)c1cccc(N/N=C2/CCCCC2=N)c1. The summed E-state index contributed by atoms with van der Waals surface area (Å²) in [5.41, 5.74) is 7.53. The zero-order valence-electron chi connectivity index (χ0n) is 15.3. The second-order valence-electron chi connectivity index (χ2n) is 8.56. The van der Waals surface area contributed by atoms with Gasteiger partial charge in [0.15, 0.2) is 0 Å². The first kappa shape index (κ1) is 17.7. The molecule has 23 heavy (non-hydrogen) atoms. The van der Waals surface area contributed by atoms with E-state index in [9.17, 15) is 0 Å². The number of nitrogens with one attached hydrogen (secondary N) is 2. The van der Waals surface area contributed by atoms with E-state index in [4.69, 9.17) is 5.41 Å². The van der Waals surface area contributed by atoms with Crippen LogP contribution in [-0.2, 0) is 5.41 Å². The molecule has 0 spiro atoms. The van der Waals surface area contributed by atoms with Crippen LogP contribution in [0.25, 0.3) is 0 Å². The largest absolute Gasteiger partial charge is 0.303 e. The molecule has 0 radical (unpaired) electrons. The molecule has 3 nitrogen and oxygen atoms in total. The molecule has 126 valence electrons. The Labute approximate surface area is 141 Å². The van der Waals surface area contributed by atoms with Gasteiger partial charge in [0.1, 0.15) is 0 Å². The molecule has 1 saturated carbocycles. The van der Waals surface area contributed by atoms with Crippen LogP contribution in [0.4, 0.5) is 5.69 Å². The lowest BCUT2D eigenvalue weighted by Crippen LogP contribution is -2.24. The van der Waals surface area contributed by atoms with Crippen molar-refractivity contribution in [2.45, 2.75) is 72.1 Å². The molecule has 0 aromatic heterocycles. The van der Waals surface area contributed by atoms with Gasteiger partial charge >= 0.3 is 0 Å². The van der Waals surface area contributed by atoms with Crippen LogP contribution in [0.2, 0.25) is 0 Å². The Kier molecular flexibility index (Phi) is 5.28. The van der Waals surface area contributed by atoms with Gasteiger partial charge in [-0.25, -0.2) is 0 Å². The Balaban J connectivity index is 2.13.